The van der Waals surface area contributed by atoms with Gasteiger partial charge in [-0.3, -0.25) is 9.80 Å². The molecule has 2 aliphatic heterocycles. The summed E-state index contributed by atoms with van der Waals surface area (Å²) >= 11 is 0. The SMILES string of the molecule is COc1ccc(CN2CCOc3ccc(CN4CCCCC4CO)cc3C2)c(OC)c1. The van der Waals surface area contributed by atoms with Gasteiger partial charge >= 0.3 is 0 Å². The molecule has 0 bridgehead atoms. The van der Waals surface area contributed by atoms with Crippen LogP contribution in [0.5, 0.6) is 17.2 Å². The first-order valence-corrected chi connectivity index (χ1v) is 11.2. The number of hydrogen-bond acceptors (Lipinski definition) is 6. The van der Waals surface area contributed by atoms with Crippen LogP contribution in [0.25, 0.3) is 0 Å². The van der Waals surface area contributed by atoms with Crippen LogP contribution >= 0.6 is 0 Å². The lowest BCUT2D eigenvalue weighted by Gasteiger charge is -2.34. The quantitative estimate of drug-likeness (QED) is 0.732. The Morgan fingerprint density at radius 3 is 2.74 bits per heavy atom. The van der Waals surface area contributed by atoms with Crippen LogP contribution in [0.15, 0.2) is 36.4 Å². The van der Waals surface area contributed by atoms with E-state index in [-0.39, 0.29) is 12.6 Å². The van der Waals surface area contributed by atoms with Crippen LogP contribution in [-0.4, -0.2) is 61.5 Å². The fourth-order valence-corrected chi connectivity index (χ4v) is 4.67. The van der Waals surface area contributed by atoms with Crippen LogP contribution in [0.2, 0.25) is 0 Å². The topological polar surface area (TPSA) is 54.4 Å². The molecule has 0 radical (unpaired) electrons. The number of benzene rings is 2. The van der Waals surface area contributed by atoms with E-state index in [1.54, 1.807) is 14.2 Å². The number of fused-ring (bicyclic) bond motifs is 1. The lowest BCUT2D eigenvalue weighted by Crippen LogP contribution is -2.41. The van der Waals surface area contributed by atoms with Crippen molar-refractivity contribution in [3.63, 3.8) is 0 Å². The summed E-state index contributed by atoms with van der Waals surface area (Å²) in [6.07, 6.45) is 3.51. The zero-order valence-corrected chi connectivity index (χ0v) is 18.7. The standard InChI is InChI=1S/C25H34N2O4/c1-29-23-8-7-20(25(14-23)30-2)16-26-11-12-31-24-9-6-19(13-21(24)17-26)15-27-10-4-3-5-22(27)18-28/h6-9,13-14,22,28H,3-5,10-12,15-18H2,1-2H3. The Bertz CT molecular complexity index is 873. The van der Waals surface area contributed by atoms with Crippen molar-refractivity contribution in [3.8, 4) is 17.2 Å². The van der Waals surface area contributed by atoms with Crippen molar-refractivity contribution < 1.29 is 19.3 Å². The number of likely N-dealkylation sites (tertiary alicyclic amines) is 1. The second-order valence-electron chi connectivity index (χ2n) is 8.48. The van der Waals surface area contributed by atoms with E-state index < -0.39 is 0 Å². The molecule has 1 fully saturated rings. The van der Waals surface area contributed by atoms with Crippen LogP contribution < -0.4 is 14.2 Å². The molecule has 0 spiro atoms. The first-order valence-electron chi connectivity index (χ1n) is 11.2. The van der Waals surface area contributed by atoms with Crippen LogP contribution in [0, 0.1) is 0 Å². The molecule has 6 heteroatoms. The number of ether oxygens (including phenoxy) is 3. The van der Waals surface area contributed by atoms with Gasteiger partial charge in [-0.1, -0.05) is 18.6 Å². The van der Waals surface area contributed by atoms with Gasteiger partial charge in [0.25, 0.3) is 0 Å². The monoisotopic (exact) mass is 426 g/mol. The van der Waals surface area contributed by atoms with E-state index in [2.05, 4.69) is 34.1 Å². The predicted molar refractivity (Wildman–Crippen MR) is 121 cm³/mol. The third kappa shape index (κ3) is 5.32. The number of rotatable bonds is 7. The van der Waals surface area contributed by atoms with E-state index in [9.17, 15) is 5.11 Å². The number of aliphatic hydroxyl groups excluding tert-OH is 1. The maximum atomic E-state index is 9.73. The van der Waals surface area contributed by atoms with E-state index >= 15 is 0 Å². The fraction of sp³-hybridized carbons (Fsp3) is 0.520. The maximum absolute atomic E-state index is 9.73. The van der Waals surface area contributed by atoms with Gasteiger partial charge in [0.15, 0.2) is 0 Å². The van der Waals surface area contributed by atoms with Crippen LogP contribution in [0.3, 0.4) is 0 Å². The molecule has 2 aromatic carbocycles. The number of piperidine rings is 1. The lowest BCUT2D eigenvalue weighted by atomic mass is 10.0. The molecule has 0 aromatic heterocycles. The van der Waals surface area contributed by atoms with Gasteiger partial charge in [-0.05, 0) is 43.1 Å². The molecular weight excluding hydrogens is 392 g/mol. The molecule has 2 heterocycles. The van der Waals surface area contributed by atoms with Crippen molar-refractivity contribution in [1.29, 1.82) is 0 Å². The molecule has 0 saturated carbocycles. The summed E-state index contributed by atoms with van der Waals surface area (Å²) in [7, 11) is 3.37. The highest BCUT2D eigenvalue weighted by molar-refractivity contribution is 5.41. The second kappa shape index (κ2) is 10.4. The highest BCUT2D eigenvalue weighted by Gasteiger charge is 2.23. The minimum atomic E-state index is 0.242. The maximum Gasteiger partial charge on any atom is 0.127 e. The zero-order valence-electron chi connectivity index (χ0n) is 18.7. The van der Waals surface area contributed by atoms with Crippen LogP contribution in [0.1, 0.15) is 36.0 Å². The molecule has 1 saturated heterocycles. The zero-order chi connectivity index (χ0) is 21.6. The highest BCUT2D eigenvalue weighted by Crippen LogP contribution is 2.30. The Morgan fingerprint density at radius 2 is 1.94 bits per heavy atom. The molecule has 1 unspecified atom stereocenters. The van der Waals surface area contributed by atoms with Gasteiger partial charge in [0, 0.05) is 49.4 Å². The normalized spacial score (nSPS) is 19.9. The van der Waals surface area contributed by atoms with E-state index in [0.29, 0.717) is 6.61 Å². The molecular formula is C25H34N2O4. The molecule has 1 N–H and O–H groups in total. The van der Waals surface area contributed by atoms with Gasteiger partial charge in [-0.2, -0.15) is 0 Å². The lowest BCUT2D eigenvalue weighted by molar-refractivity contribution is 0.0841. The van der Waals surface area contributed by atoms with Crippen molar-refractivity contribution >= 4 is 0 Å². The van der Waals surface area contributed by atoms with E-state index in [0.717, 1.165) is 62.0 Å². The van der Waals surface area contributed by atoms with Crippen molar-refractivity contribution in [2.45, 2.75) is 44.9 Å². The minimum absolute atomic E-state index is 0.242. The molecule has 168 valence electrons. The van der Waals surface area contributed by atoms with E-state index in [4.69, 9.17) is 14.2 Å². The average Bonchev–Trinajstić information content (AvgIpc) is 3.01. The summed E-state index contributed by atoms with van der Waals surface area (Å²) < 4.78 is 17.0. The second-order valence-corrected chi connectivity index (χ2v) is 8.48. The first kappa shape index (κ1) is 21.9. The summed E-state index contributed by atoms with van der Waals surface area (Å²) in [5, 5.41) is 9.73. The Hall–Kier alpha value is -2.28. The third-order valence-electron chi connectivity index (χ3n) is 6.42. The van der Waals surface area contributed by atoms with E-state index in [1.807, 2.05) is 12.1 Å². The van der Waals surface area contributed by atoms with Gasteiger partial charge in [0.05, 0.1) is 20.8 Å². The number of methoxy groups -OCH3 is 2. The smallest absolute Gasteiger partial charge is 0.127 e. The molecule has 0 aliphatic carbocycles. The summed E-state index contributed by atoms with van der Waals surface area (Å²) in [5.41, 5.74) is 3.65. The average molecular weight is 427 g/mol. The van der Waals surface area contributed by atoms with Gasteiger partial charge < -0.3 is 19.3 Å². The fourth-order valence-electron chi connectivity index (χ4n) is 4.67. The Morgan fingerprint density at radius 1 is 1.03 bits per heavy atom. The Labute approximate surface area is 185 Å². The summed E-state index contributed by atoms with van der Waals surface area (Å²) in [4.78, 5) is 4.82. The number of nitrogens with zero attached hydrogens (tertiary/aromatic N) is 2. The highest BCUT2D eigenvalue weighted by atomic mass is 16.5. The largest absolute Gasteiger partial charge is 0.497 e. The van der Waals surface area contributed by atoms with Crippen molar-refractivity contribution in [2.75, 3.05) is 40.5 Å². The third-order valence-corrected chi connectivity index (χ3v) is 6.42. The van der Waals surface area contributed by atoms with Gasteiger partial charge in [-0.25, -0.2) is 0 Å². The van der Waals surface area contributed by atoms with Gasteiger partial charge in [-0.15, -0.1) is 0 Å². The summed E-state index contributed by atoms with van der Waals surface area (Å²) in [6.45, 7) is 5.33. The molecule has 2 aromatic rings. The molecule has 2 aliphatic rings. The molecule has 1 atom stereocenters. The van der Waals surface area contributed by atoms with E-state index in [1.165, 1.54) is 24.0 Å². The first-order chi connectivity index (χ1) is 15.2. The van der Waals surface area contributed by atoms with Crippen molar-refractivity contribution in [2.24, 2.45) is 0 Å². The van der Waals surface area contributed by atoms with Crippen LogP contribution in [0.4, 0.5) is 0 Å². The Balaban J connectivity index is 1.48. The summed E-state index contributed by atoms with van der Waals surface area (Å²) in [5.74, 6) is 2.62. The molecule has 0 amide bonds. The molecule has 31 heavy (non-hydrogen) atoms. The Kier molecular flexibility index (Phi) is 7.33. The molecule has 6 nitrogen and oxygen atoms in total. The predicted octanol–water partition coefficient (Wildman–Crippen LogP) is 3.45. The van der Waals surface area contributed by atoms with Gasteiger partial charge in [0.2, 0.25) is 0 Å². The van der Waals surface area contributed by atoms with Gasteiger partial charge in [0.1, 0.15) is 23.9 Å². The summed E-state index contributed by atoms with van der Waals surface area (Å²) in [6, 6.07) is 12.8. The van der Waals surface area contributed by atoms with Crippen LogP contribution in [-0.2, 0) is 19.6 Å². The number of hydrogen-bond donors (Lipinski definition) is 1. The molecule has 4 rings (SSSR count). The number of aliphatic hydroxyl groups is 1. The van der Waals surface area contributed by atoms with Crippen molar-refractivity contribution in [1.82, 2.24) is 9.80 Å². The van der Waals surface area contributed by atoms with Crippen molar-refractivity contribution in [3.05, 3.63) is 53.1 Å². The minimum Gasteiger partial charge on any atom is -0.497 e.